The molecule has 0 bridgehead atoms. The number of carbonyl (C=O) groups is 1. The van der Waals surface area contributed by atoms with Gasteiger partial charge in [-0.2, -0.15) is 0 Å². The van der Waals surface area contributed by atoms with Crippen LogP contribution < -0.4 is 4.90 Å². The van der Waals surface area contributed by atoms with E-state index in [-0.39, 0.29) is 24.6 Å². The largest absolute Gasteiger partial charge is 0.437 e. The Kier molecular flexibility index (Phi) is 5.89. The first kappa shape index (κ1) is 21.2. The summed E-state index contributed by atoms with van der Waals surface area (Å²) in [5, 5.41) is 9.76. The van der Waals surface area contributed by atoms with E-state index in [4.69, 9.17) is 16.3 Å². The Bertz CT molecular complexity index is 1110. The van der Waals surface area contributed by atoms with Crippen LogP contribution in [0, 0.1) is 11.6 Å². The summed E-state index contributed by atoms with van der Waals surface area (Å²) in [5.41, 5.74) is 0.599. The second kappa shape index (κ2) is 8.61. The Morgan fingerprint density at radius 3 is 2.52 bits per heavy atom. The molecule has 1 aromatic heterocycles. The molecule has 0 radical (unpaired) electrons. The minimum absolute atomic E-state index is 0.191. The van der Waals surface area contributed by atoms with Gasteiger partial charge in [-0.3, -0.25) is 4.90 Å². The number of ether oxygens (including phenoxy) is 1. The molecule has 2 aromatic carbocycles. The highest BCUT2D eigenvalue weighted by Crippen LogP contribution is 2.38. The quantitative estimate of drug-likeness (QED) is 0.579. The first-order chi connectivity index (χ1) is 14.9. The summed E-state index contributed by atoms with van der Waals surface area (Å²) >= 11 is 6.15. The van der Waals surface area contributed by atoms with E-state index < -0.39 is 23.3 Å². The molecule has 1 unspecified atom stereocenters. The number of halogens is 3. The van der Waals surface area contributed by atoms with Gasteiger partial charge in [0.25, 0.3) is 0 Å². The summed E-state index contributed by atoms with van der Waals surface area (Å²) in [7, 11) is 0. The van der Waals surface area contributed by atoms with E-state index in [2.05, 4.69) is 4.98 Å². The molecule has 1 aliphatic rings. The lowest BCUT2D eigenvalue weighted by Gasteiger charge is -2.41. The Balaban J connectivity index is 1.61. The number of aromatic nitrogens is 1. The molecule has 1 saturated heterocycles. The van der Waals surface area contributed by atoms with Crippen LogP contribution in [0.3, 0.4) is 0 Å². The molecule has 0 aliphatic carbocycles. The van der Waals surface area contributed by atoms with Crippen LogP contribution in [0.25, 0.3) is 11.3 Å². The molecule has 0 spiro atoms. The molecule has 1 amide bonds. The number of nitrogens with zero attached hydrogens (tertiary/aromatic N) is 2. The molecule has 1 atom stereocenters. The van der Waals surface area contributed by atoms with Crippen molar-refractivity contribution in [2.75, 3.05) is 18.1 Å². The van der Waals surface area contributed by atoms with Crippen LogP contribution in [0.4, 0.5) is 19.4 Å². The number of aliphatic hydroxyl groups excluding tert-OH is 1. The molecule has 1 fully saturated rings. The maximum Gasteiger partial charge on any atom is 0.416 e. The van der Waals surface area contributed by atoms with Gasteiger partial charge in [-0.15, -0.1) is 0 Å². The second-order valence-corrected chi connectivity index (χ2v) is 7.66. The van der Waals surface area contributed by atoms with Crippen molar-refractivity contribution in [3.8, 4) is 11.3 Å². The molecular formula is C23H19ClF2N2O3. The van der Waals surface area contributed by atoms with Crippen molar-refractivity contribution < 1.29 is 23.4 Å². The fourth-order valence-electron chi connectivity index (χ4n) is 3.74. The first-order valence-corrected chi connectivity index (χ1v) is 10.1. The number of hydrogen-bond acceptors (Lipinski definition) is 4. The van der Waals surface area contributed by atoms with Crippen molar-refractivity contribution >= 4 is 23.5 Å². The minimum atomic E-state index is -1.05. The zero-order chi connectivity index (χ0) is 22.0. The van der Waals surface area contributed by atoms with Crippen LogP contribution in [-0.2, 0) is 10.3 Å². The predicted molar refractivity (Wildman–Crippen MR) is 113 cm³/mol. The summed E-state index contributed by atoms with van der Waals surface area (Å²) in [4.78, 5) is 18.8. The zero-order valence-electron chi connectivity index (χ0n) is 16.4. The Morgan fingerprint density at radius 2 is 1.84 bits per heavy atom. The number of benzene rings is 2. The highest BCUT2D eigenvalue weighted by molar-refractivity contribution is 6.33. The fourth-order valence-corrected chi connectivity index (χ4v) is 4.01. The van der Waals surface area contributed by atoms with Crippen molar-refractivity contribution in [3.05, 3.63) is 82.9 Å². The van der Waals surface area contributed by atoms with Crippen LogP contribution in [-0.4, -0.2) is 29.3 Å². The van der Waals surface area contributed by atoms with Gasteiger partial charge in [-0.05, 0) is 48.0 Å². The molecule has 4 rings (SSSR count). The smallest absolute Gasteiger partial charge is 0.416 e. The maximum atomic E-state index is 13.4. The third kappa shape index (κ3) is 4.24. The van der Waals surface area contributed by atoms with Crippen LogP contribution in [0.15, 0.2) is 60.7 Å². The van der Waals surface area contributed by atoms with E-state index in [9.17, 15) is 18.7 Å². The molecule has 8 heteroatoms. The number of cyclic esters (lactones) is 1. The van der Waals surface area contributed by atoms with Crippen LogP contribution in [0.2, 0.25) is 5.02 Å². The normalized spacial score (nSPS) is 18.7. The average Bonchev–Trinajstić information content (AvgIpc) is 2.74. The van der Waals surface area contributed by atoms with E-state index in [1.54, 1.807) is 30.3 Å². The Hall–Kier alpha value is -3.03. The standard InChI is InChI=1S/C23H19ClF2N2O3/c24-19-14-17(26)8-9-18(19)20-2-1-3-21(27-20)28-12-10-23(11-13-29,31-22(28)30)15-4-6-16(25)7-5-15/h1-9,14,29H,10-13H2. The van der Waals surface area contributed by atoms with Gasteiger partial charge in [0.1, 0.15) is 23.1 Å². The van der Waals surface area contributed by atoms with E-state index in [1.165, 1.54) is 35.2 Å². The first-order valence-electron chi connectivity index (χ1n) is 9.72. The number of pyridine rings is 1. The number of carbonyl (C=O) groups excluding carboxylic acids is 1. The molecule has 1 aliphatic heterocycles. The minimum Gasteiger partial charge on any atom is -0.437 e. The second-order valence-electron chi connectivity index (χ2n) is 7.25. The third-order valence-electron chi connectivity index (χ3n) is 5.35. The summed E-state index contributed by atoms with van der Waals surface area (Å²) in [6.07, 6.45) is -0.0516. The summed E-state index contributed by atoms with van der Waals surface area (Å²) < 4.78 is 32.5. The van der Waals surface area contributed by atoms with E-state index in [1.807, 2.05) is 0 Å². The van der Waals surface area contributed by atoms with Gasteiger partial charge in [-0.25, -0.2) is 18.6 Å². The lowest BCUT2D eigenvalue weighted by molar-refractivity contribution is -0.0259. The number of amides is 1. The molecule has 160 valence electrons. The van der Waals surface area contributed by atoms with Gasteiger partial charge in [0.05, 0.1) is 10.7 Å². The zero-order valence-corrected chi connectivity index (χ0v) is 17.1. The monoisotopic (exact) mass is 444 g/mol. The van der Waals surface area contributed by atoms with Gasteiger partial charge in [-0.1, -0.05) is 29.8 Å². The molecule has 31 heavy (non-hydrogen) atoms. The van der Waals surface area contributed by atoms with Gasteiger partial charge >= 0.3 is 6.09 Å². The van der Waals surface area contributed by atoms with E-state index >= 15 is 0 Å². The SMILES string of the molecule is O=C1OC(CCO)(c2ccc(F)cc2)CCN1c1cccc(-c2ccc(F)cc2Cl)n1. The molecule has 5 nitrogen and oxygen atoms in total. The summed E-state index contributed by atoms with van der Waals surface area (Å²) in [5.74, 6) is -0.489. The van der Waals surface area contributed by atoms with Crippen LogP contribution in [0.1, 0.15) is 18.4 Å². The Labute approximate surface area is 182 Å². The molecular weight excluding hydrogens is 426 g/mol. The van der Waals surface area contributed by atoms with Gasteiger partial charge < -0.3 is 9.84 Å². The van der Waals surface area contributed by atoms with Crippen molar-refractivity contribution in [1.29, 1.82) is 0 Å². The molecule has 2 heterocycles. The predicted octanol–water partition coefficient (Wildman–Crippen LogP) is 5.30. The average molecular weight is 445 g/mol. The van der Waals surface area contributed by atoms with Crippen molar-refractivity contribution in [2.45, 2.75) is 18.4 Å². The number of aliphatic hydroxyl groups is 1. The lowest BCUT2D eigenvalue weighted by Crippen LogP contribution is -2.48. The Morgan fingerprint density at radius 1 is 1.10 bits per heavy atom. The third-order valence-corrected chi connectivity index (χ3v) is 5.66. The van der Waals surface area contributed by atoms with Crippen molar-refractivity contribution in [1.82, 2.24) is 4.98 Å². The van der Waals surface area contributed by atoms with Gasteiger partial charge in [0, 0.05) is 31.6 Å². The highest BCUT2D eigenvalue weighted by Gasteiger charge is 2.42. The van der Waals surface area contributed by atoms with E-state index in [0.717, 1.165) is 0 Å². The van der Waals surface area contributed by atoms with E-state index in [0.29, 0.717) is 29.1 Å². The van der Waals surface area contributed by atoms with Gasteiger partial charge in [0.2, 0.25) is 0 Å². The van der Waals surface area contributed by atoms with Crippen molar-refractivity contribution in [3.63, 3.8) is 0 Å². The summed E-state index contributed by atoms with van der Waals surface area (Å²) in [6, 6.07) is 14.8. The molecule has 3 aromatic rings. The summed E-state index contributed by atoms with van der Waals surface area (Å²) in [6.45, 7) is 0.0886. The lowest BCUT2D eigenvalue weighted by atomic mass is 9.86. The molecule has 0 saturated carbocycles. The van der Waals surface area contributed by atoms with Crippen molar-refractivity contribution in [2.24, 2.45) is 0 Å². The highest BCUT2D eigenvalue weighted by atomic mass is 35.5. The van der Waals surface area contributed by atoms with Crippen LogP contribution in [0.5, 0.6) is 0 Å². The van der Waals surface area contributed by atoms with Crippen LogP contribution >= 0.6 is 11.6 Å². The molecule has 1 N–H and O–H groups in total. The number of rotatable bonds is 5. The topological polar surface area (TPSA) is 62.7 Å². The fraction of sp³-hybridized carbons (Fsp3) is 0.217. The number of anilines is 1. The number of hydrogen-bond donors (Lipinski definition) is 1. The van der Waals surface area contributed by atoms with Gasteiger partial charge in [0.15, 0.2) is 0 Å². The maximum absolute atomic E-state index is 13.4.